The maximum atomic E-state index is 12.8. The number of amides is 1. The minimum absolute atomic E-state index is 0.256. The number of ether oxygens (including phenoxy) is 3. The van der Waals surface area contributed by atoms with Crippen molar-refractivity contribution in [3.05, 3.63) is 29.8 Å². The first kappa shape index (κ1) is 27.2. The van der Waals surface area contributed by atoms with Crippen LogP contribution in [0.25, 0.3) is 0 Å². The Morgan fingerprint density at radius 1 is 1.09 bits per heavy atom. The van der Waals surface area contributed by atoms with E-state index in [1.807, 2.05) is 29.2 Å². The van der Waals surface area contributed by atoms with Gasteiger partial charge in [0.2, 0.25) is 0 Å². The molecule has 0 saturated carbocycles. The molecule has 1 aromatic carbocycles. The number of rotatable bonds is 6. The highest BCUT2D eigenvalue weighted by Crippen LogP contribution is 2.24. The predicted octanol–water partition coefficient (Wildman–Crippen LogP) is 2.69. The van der Waals surface area contributed by atoms with Gasteiger partial charge in [0.25, 0.3) is 0 Å². The van der Waals surface area contributed by atoms with Gasteiger partial charge in [-0.05, 0) is 65.7 Å². The number of β-amino-alcohol motifs (C(OH)–C–C–N with tert-alkyl or cyclic N) is 1. The predicted molar refractivity (Wildman–Crippen MR) is 133 cm³/mol. The Morgan fingerprint density at radius 2 is 1.74 bits per heavy atom. The van der Waals surface area contributed by atoms with Crippen LogP contribution in [0.3, 0.4) is 0 Å². The average Bonchev–Trinajstić information content (AvgIpc) is 3.26. The molecule has 0 radical (unpaired) electrons. The minimum atomic E-state index is -0.891. The molecule has 2 aliphatic rings. The van der Waals surface area contributed by atoms with Gasteiger partial charge in [0.15, 0.2) is 0 Å². The van der Waals surface area contributed by atoms with Gasteiger partial charge >= 0.3 is 12.1 Å². The third-order valence-corrected chi connectivity index (χ3v) is 5.90. The Hall–Kier alpha value is -2.36. The number of nitrogens with zero attached hydrogens (tertiary/aromatic N) is 2. The largest absolute Gasteiger partial charge is 0.458 e. The summed E-state index contributed by atoms with van der Waals surface area (Å²) in [4.78, 5) is 29.5. The molecule has 2 aliphatic heterocycles. The monoisotopic (exact) mass is 491 g/mol. The summed E-state index contributed by atoms with van der Waals surface area (Å²) in [5.41, 5.74) is 0.409. The second-order valence-corrected chi connectivity index (χ2v) is 11.3. The molecular weight excluding hydrogens is 450 g/mol. The molecule has 196 valence electrons. The third kappa shape index (κ3) is 8.37. The Morgan fingerprint density at radius 3 is 2.29 bits per heavy atom. The molecule has 2 heterocycles. The molecule has 9 heteroatoms. The van der Waals surface area contributed by atoms with Crippen molar-refractivity contribution in [2.45, 2.75) is 83.9 Å². The summed E-state index contributed by atoms with van der Waals surface area (Å²) in [6, 6.07) is 7.19. The fourth-order valence-electron chi connectivity index (χ4n) is 4.30. The van der Waals surface area contributed by atoms with E-state index >= 15 is 0 Å². The van der Waals surface area contributed by atoms with Gasteiger partial charge in [-0.25, -0.2) is 9.59 Å². The summed E-state index contributed by atoms with van der Waals surface area (Å²) >= 11 is 0. The molecule has 0 spiro atoms. The number of carbonyl (C=O) groups is 2. The fourth-order valence-corrected chi connectivity index (χ4v) is 4.30. The highest BCUT2D eigenvalue weighted by molar-refractivity contribution is 5.82. The highest BCUT2D eigenvalue weighted by atomic mass is 16.6. The summed E-state index contributed by atoms with van der Waals surface area (Å²) in [5.74, 6) is -0.519. The molecular formula is C26H41N3O6. The Labute approximate surface area is 208 Å². The Bertz CT molecular complexity index is 855. The lowest BCUT2D eigenvalue weighted by atomic mass is 10.0. The number of hydrogen-bond acceptors (Lipinski definition) is 8. The number of benzene rings is 1. The van der Waals surface area contributed by atoms with Gasteiger partial charge in [-0.15, -0.1) is 0 Å². The lowest BCUT2D eigenvalue weighted by molar-refractivity contribution is -0.157. The van der Waals surface area contributed by atoms with Crippen LogP contribution in [0, 0.1) is 0 Å². The number of aliphatic hydroxyl groups is 1. The summed E-state index contributed by atoms with van der Waals surface area (Å²) < 4.78 is 16.4. The molecule has 3 rings (SSSR count). The van der Waals surface area contributed by atoms with E-state index in [1.54, 1.807) is 41.5 Å². The lowest BCUT2D eigenvalue weighted by Gasteiger charge is -2.42. The number of piperazine rings is 1. The zero-order chi connectivity index (χ0) is 25.8. The highest BCUT2D eigenvalue weighted by Gasteiger charge is 2.32. The number of carbonyl (C=O) groups excluding carboxylic acids is 2. The van der Waals surface area contributed by atoms with E-state index in [1.165, 1.54) is 0 Å². The molecule has 0 bridgehead atoms. The van der Waals surface area contributed by atoms with Gasteiger partial charge in [-0.2, -0.15) is 0 Å². The van der Waals surface area contributed by atoms with E-state index in [0.29, 0.717) is 12.6 Å². The maximum absolute atomic E-state index is 12.8. The van der Waals surface area contributed by atoms with Crippen molar-refractivity contribution >= 4 is 17.7 Å². The van der Waals surface area contributed by atoms with E-state index < -0.39 is 35.5 Å². The molecule has 1 aromatic rings. The summed E-state index contributed by atoms with van der Waals surface area (Å²) in [6.07, 6.45) is 0.00137. The second kappa shape index (κ2) is 11.1. The number of nitrogens with one attached hydrogen (secondary N) is 1. The lowest BCUT2D eigenvalue weighted by Crippen LogP contribution is -2.56. The van der Waals surface area contributed by atoms with Gasteiger partial charge in [-0.1, -0.05) is 12.1 Å². The first-order valence-electron chi connectivity index (χ1n) is 12.4. The molecule has 2 saturated heterocycles. The normalized spacial score (nSPS) is 22.5. The first-order valence-corrected chi connectivity index (χ1v) is 12.4. The van der Waals surface area contributed by atoms with Crippen LogP contribution in [0.4, 0.5) is 10.5 Å². The van der Waals surface area contributed by atoms with Crippen molar-refractivity contribution in [2.75, 3.05) is 37.7 Å². The van der Waals surface area contributed by atoms with Crippen molar-refractivity contribution in [3.8, 4) is 0 Å². The van der Waals surface area contributed by atoms with Gasteiger partial charge in [-0.3, -0.25) is 4.90 Å². The van der Waals surface area contributed by atoms with Crippen LogP contribution in [-0.2, 0) is 25.4 Å². The molecule has 2 fully saturated rings. The number of anilines is 1. The molecule has 35 heavy (non-hydrogen) atoms. The van der Waals surface area contributed by atoms with Crippen LogP contribution < -0.4 is 10.2 Å². The summed E-state index contributed by atoms with van der Waals surface area (Å²) in [6.45, 7) is 14.4. The number of esters is 1. The zero-order valence-electron chi connectivity index (χ0n) is 21.9. The van der Waals surface area contributed by atoms with Crippen LogP contribution >= 0.6 is 0 Å². The average molecular weight is 492 g/mol. The standard InChI is InChI=1S/C26H41N3O6/c1-25(2,3)34-23(31)21(27-24(32)35-26(4,5)6)15-18-7-9-19(10-8-18)29-13-12-28(16-22(29)30)20-11-14-33-17-20/h7-10,20-22,30H,11-17H2,1-6H3,(H,27,32). The van der Waals surface area contributed by atoms with Crippen molar-refractivity contribution < 1.29 is 28.9 Å². The van der Waals surface area contributed by atoms with E-state index in [0.717, 1.165) is 44.0 Å². The van der Waals surface area contributed by atoms with Crippen molar-refractivity contribution in [2.24, 2.45) is 0 Å². The SMILES string of the molecule is CC(C)(C)OC(=O)NC(Cc1ccc(N2CCN(C3CCOC3)CC2O)cc1)C(=O)OC(C)(C)C. The fraction of sp³-hybridized carbons (Fsp3) is 0.692. The summed E-state index contributed by atoms with van der Waals surface area (Å²) in [7, 11) is 0. The zero-order valence-corrected chi connectivity index (χ0v) is 21.9. The summed E-state index contributed by atoms with van der Waals surface area (Å²) in [5, 5.41) is 13.4. The van der Waals surface area contributed by atoms with Crippen LogP contribution in [0.5, 0.6) is 0 Å². The molecule has 2 N–H and O–H groups in total. The smallest absolute Gasteiger partial charge is 0.408 e. The van der Waals surface area contributed by atoms with Gasteiger partial charge in [0, 0.05) is 44.4 Å². The Balaban J connectivity index is 1.64. The minimum Gasteiger partial charge on any atom is -0.458 e. The molecule has 9 nitrogen and oxygen atoms in total. The maximum Gasteiger partial charge on any atom is 0.408 e. The van der Waals surface area contributed by atoms with Crippen LogP contribution in [0.1, 0.15) is 53.5 Å². The van der Waals surface area contributed by atoms with E-state index in [2.05, 4.69) is 10.2 Å². The van der Waals surface area contributed by atoms with Crippen molar-refractivity contribution in [1.82, 2.24) is 10.2 Å². The topological polar surface area (TPSA) is 101 Å². The second-order valence-electron chi connectivity index (χ2n) is 11.3. The number of aliphatic hydroxyl groups excluding tert-OH is 1. The molecule has 1 amide bonds. The van der Waals surface area contributed by atoms with E-state index in [9.17, 15) is 14.7 Å². The van der Waals surface area contributed by atoms with E-state index in [4.69, 9.17) is 14.2 Å². The Kier molecular flexibility index (Phi) is 8.67. The molecule has 3 unspecified atom stereocenters. The van der Waals surface area contributed by atoms with Crippen LogP contribution in [0.2, 0.25) is 0 Å². The van der Waals surface area contributed by atoms with E-state index in [-0.39, 0.29) is 6.42 Å². The molecule has 3 atom stereocenters. The molecule has 0 aromatic heterocycles. The van der Waals surface area contributed by atoms with Crippen molar-refractivity contribution in [1.29, 1.82) is 0 Å². The van der Waals surface area contributed by atoms with Crippen LogP contribution in [0.15, 0.2) is 24.3 Å². The van der Waals surface area contributed by atoms with Gasteiger partial charge in [0.1, 0.15) is 23.5 Å². The molecule has 0 aliphatic carbocycles. The van der Waals surface area contributed by atoms with Gasteiger partial charge < -0.3 is 29.5 Å². The van der Waals surface area contributed by atoms with Gasteiger partial charge in [0.05, 0.1) is 6.61 Å². The number of hydrogen-bond donors (Lipinski definition) is 2. The first-order chi connectivity index (χ1) is 16.3. The van der Waals surface area contributed by atoms with Crippen molar-refractivity contribution in [3.63, 3.8) is 0 Å². The number of alkyl carbamates (subject to hydrolysis) is 1. The third-order valence-electron chi connectivity index (χ3n) is 5.90. The van der Waals surface area contributed by atoms with Crippen LogP contribution in [-0.4, -0.2) is 84.4 Å². The quantitative estimate of drug-likeness (QED) is 0.586.